The van der Waals surface area contributed by atoms with Gasteiger partial charge >= 0.3 is 5.97 Å². The Kier molecular flexibility index (Phi) is 4.18. The molecular weight excluding hydrogens is 324 g/mol. The molecular formula is C17H16N4O4. The van der Waals surface area contributed by atoms with Gasteiger partial charge in [-0.3, -0.25) is 19.4 Å². The SMILES string of the molecule is CCOC(=O)C1(C)C(=O)Nc2cc(NC(=O)c3cnccn3)ccc21. The third-order valence-corrected chi connectivity index (χ3v) is 4.00. The fourth-order valence-corrected chi connectivity index (χ4v) is 2.62. The quantitative estimate of drug-likeness (QED) is 0.645. The molecule has 0 fully saturated rings. The van der Waals surface area contributed by atoms with Crippen LogP contribution in [0.3, 0.4) is 0 Å². The lowest BCUT2D eigenvalue weighted by atomic mass is 9.84. The second-order valence-electron chi connectivity index (χ2n) is 5.60. The maximum atomic E-state index is 12.3. The molecule has 3 rings (SSSR count). The van der Waals surface area contributed by atoms with Crippen molar-refractivity contribution in [3.63, 3.8) is 0 Å². The Hall–Kier alpha value is -3.29. The molecule has 0 radical (unpaired) electrons. The van der Waals surface area contributed by atoms with E-state index in [0.29, 0.717) is 16.9 Å². The molecule has 2 N–H and O–H groups in total. The number of carbonyl (C=O) groups excluding carboxylic acids is 3. The molecule has 1 aliphatic rings. The lowest BCUT2D eigenvalue weighted by Gasteiger charge is -2.19. The average Bonchev–Trinajstić information content (AvgIpc) is 2.87. The van der Waals surface area contributed by atoms with E-state index in [9.17, 15) is 14.4 Å². The van der Waals surface area contributed by atoms with Gasteiger partial charge in [-0.25, -0.2) is 4.98 Å². The molecule has 8 heteroatoms. The predicted molar refractivity (Wildman–Crippen MR) is 89.0 cm³/mol. The van der Waals surface area contributed by atoms with E-state index < -0.39 is 23.2 Å². The van der Waals surface area contributed by atoms with Gasteiger partial charge in [-0.05, 0) is 26.0 Å². The number of amides is 2. The van der Waals surface area contributed by atoms with Crippen molar-refractivity contribution in [1.82, 2.24) is 9.97 Å². The molecule has 2 amide bonds. The van der Waals surface area contributed by atoms with Gasteiger partial charge in [0.05, 0.1) is 12.8 Å². The van der Waals surface area contributed by atoms with Gasteiger partial charge in [0.25, 0.3) is 5.91 Å². The molecule has 1 aromatic carbocycles. The molecule has 1 atom stereocenters. The second kappa shape index (κ2) is 6.31. The highest BCUT2D eigenvalue weighted by Crippen LogP contribution is 2.40. The van der Waals surface area contributed by atoms with E-state index >= 15 is 0 Å². The first kappa shape index (κ1) is 16.6. The Morgan fingerprint density at radius 3 is 2.80 bits per heavy atom. The fourth-order valence-electron chi connectivity index (χ4n) is 2.62. The first-order chi connectivity index (χ1) is 12.0. The minimum atomic E-state index is -1.40. The van der Waals surface area contributed by atoms with Crippen molar-refractivity contribution in [2.75, 3.05) is 17.2 Å². The van der Waals surface area contributed by atoms with E-state index in [0.717, 1.165) is 0 Å². The van der Waals surface area contributed by atoms with Gasteiger partial charge in [0, 0.05) is 29.3 Å². The smallest absolute Gasteiger partial charge is 0.326 e. The number of esters is 1. The van der Waals surface area contributed by atoms with Crippen LogP contribution in [0, 0.1) is 0 Å². The van der Waals surface area contributed by atoms with E-state index in [2.05, 4.69) is 20.6 Å². The molecule has 0 aliphatic carbocycles. The predicted octanol–water partition coefficient (Wildman–Crippen LogP) is 1.50. The lowest BCUT2D eigenvalue weighted by Crippen LogP contribution is -2.40. The molecule has 2 heterocycles. The van der Waals surface area contributed by atoms with Gasteiger partial charge < -0.3 is 15.4 Å². The molecule has 8 nitrogen and oxygen atoms in total. The summed E-state index contributed by atoms with van der Waals surface area (Å²) in [5.41, 5.74) is 0.191. The van der Waals surface area contributed by atoms with Crippen LogP contribution in [0.25, 0.3) is 0 Å². The van der Waals surface area contributed by atoms with Gasteiger partial charge in [0.15, 0.2) is 5.41 Å². The van der Waals surface area contributed by atoms with Crippen LogP contribution in [-0.4, -0.2) is 34.4 Å². The fraction of sp³-hybridized carbons (Fsp3) is 0.235. The maximum Gasteiger partial charge on any atom is 0.326 e. The molecule has 128 valence electrons. The third kappa shape index (κ3) is 2.82. The van der Waals surface area contributed by atoms with E-state index in [1.165, 1.54) is 25.5 Å². The molecule has 0 saturated heterocycles. The lowest BCUT2D eigenvalue weighted by molar-refractivity contribution is -0.152. The van der Waals surface area contributed by atoms with Crippen LogP contribution in [0.2, 0.25) is 0 Å². The summed E-state index contributed by atoms with van der Waals surface area (Å²) in [7, 11) is 0. The Balaban J connectivity index is 1.87. The number of carbonyl (C=O) groups is 3. The third-order valence-electron chi connectivity index (χ3n) is 4.00. The molecule has 0 spiro atoms. The molecule has 25 heavy (non-hydrogen) atoms. The first-order valence-electron chi connectivity index (χ1n) is 7.67. The van der Waals surface area contributed by atoms with Crippen molar-refractivity contribution in [2.45, 2.75) is 19.3 Å². The molecule has 1 aliphatic heterocycles. The first-order valence-corrected chi connectivity index (χ1v) is 7.67. The number of aromatic nitrogens is 2. The van der Waals surface area contributed by atoms with E-state index in [-0.39, 0.29) is 12.3 Å². The van der Waals surface area contributed by atoms with Gasteiger partial charge in [0.1, 0.15) is 5.69 Å². The van der Waals surface area contributed by atoms with Crippen molar-refractivity contribution in [3.05, 3.63) is 48.0 Å². The highest BCUT2D eigenvalue weighted by molar-refractivity contribution is 6.19. The van der Waals surface area contributed by atoms with Crippen molar-refractivity contribution in [2.24, 2.45) is 0 Å². The van der Waals surface area contributed by atoms with Crippen LogP contribution in [0.4, 0.5) is 11.4 Å². The van der Waals surface area contributed by atoms with Gasteiger partial charge in [-0.15, -0.1) is 0 Å². The summed E-state index contributed by atoms with van der Waals surface area (Å²) in [6.07, 6.45) is 4.24. The highest BCUT2D eigenvalue weighted by Gasteiger charge is 2.50. The number of rotatable bonds is 4. The van der Waals surface area contributed by atoms with Gasteiger partial charge in [-0.2, -0.15) is 0 Å². The van der Waals surface area contributed by atoms with Crippen molar-refractivity contribution >= 4 is 29.2 Å². The summed E-state index contributed by atoms with van der Waals surface area (Å²) in [5, 5.41) is 5.34. The van der Waals surface area contributed by atoms with Crippen molar-refractivity contribution < 1.29 is 19.1 Å². The van der Waals surface area contributed by atoms with Crippen LogP contribution in [0.15, 0.2) is 36.8 Å². The molecule has 1 aromatic heterocycles. The largest absolute Gasteiger partial charge is 0.465 e. The van der Waals surface area contributed by atoms with Crippen molar-refractivity contribution in [1.29, 1.82) is 0 Å². The number of ether oxygens (including phenoxy) is 1. The molecule has 0 saturated carbocycles. The monoisotopic (exact) mass is 340 g/mol. The van der Waals surface area contributed by atoms with Gasteiger partial charge in [0.2, 0.25) is 5.91 Å². The summed E-state index contributed by atoms with van der Waals surface area (Å²) < 4.78 is 5.02. The minimum Gasteiger partial charge on any atom is -0.465 e. The zero-order chi connectivity index (χ0) is 18.0. The number of fused-ring (bicyclic) bond motifs is 1. The summed E-state index contributed by atoms with van der Waals surface area (Å²) in [6, 6.07) is 4.83. The van der Waals surface area contributed by atoms with Crippen LogP contribution in [0.1, 0.15) is 29.9 Å². The number of nitrogens with zero attached hydrogens (tertiary/aromatic N) is 2. The topological polar surface area (TPSA) is 110 Å². The summed E-state index contributed by atoms with van der Waals surface area (Å²) in [4.78, 5) is 44.4. The Morgan fingerprint density at radius 1 is 1.32 bits per heavy atom. The summed E-state index contributed by atoms with van der Waals surface area (Å²) in [5.74, 6) is -1.49. The van der Waals surface area contributed by atoms with Crippen LogP contribution < -0.4 is 10.6 Å². The molecule has 0 bridgehead atoms. The van der Waals surface area contributed by atoms with Crippen molar-refractivity contribution in [3.8, 4) is 0 Å². The number of nitrogens with one attached hydrogen (secondary N) is 2. The molecule has 1 unspecified atom stereocenters. The average molecular weight is 340 g/mol. The van der Waals surface area contributed by atoms with Crippen LogP contribution in [-0.2, 0) is 19.7 Å². The normalized spacial score (nSPS) is 18.2. The zero-order valence-corrected chi connectivity index (χ0v) is 13.7. The van der Waals surface area contributed by atoms with Gasteiger partial charge in [-0.1, -0.05) is 6.07 Å². The zero-order valence-electron chi connectivity index (χ0n) is 13.7. The molecule has 2 aromatic rings. The Labute approximate surface area is 143 Å². The van der Waals surface area contributed by atoms with E-state index in [1.54, 1.807) is 25.1 Å². The van der Waals surface area contributed by atoms with E-state index in [4.69, 9.17) is 4.74 Å². The van der Waals surface area contributed by atoms with Crippen LogP contribution in [0.5, 0.6) is 0 Å². The van der Waals surface area contributed by atoms with Crippen LogP contribution >= 0.6 is 0 Å². The summed E-state index contributed by atoms with van der Waals surface area (Å²) >= 11 is 0. The van der Waals surface area contributed by atoms with E-state index in [1.807, 2.05) is 0 Å². The number of hydrogen-bond donors (Lipinski definition) is 2. The maximum absolute atomic E-state index is 12.3. The minimum absolute atomic E-state index is 0.170. The summed E-state index contributed by atoms with van der Waals surface area (Å²) in [6.45, 7) is 3.38. The standard InChI is InChI=1S/C17H16N4O4/c1-3-25-16(24)17(2)11-5-4-10(8-12(11)21-15(17)23)20-14(22)13-9-18-6-7-19-13/h4-9H,3H2,1-2H3,(H,20,22)(H,21,23). The number of hydrogen-bond acceptors (Lipinski definition) is 6. The highest BCUT2D eigenvalue weighted by atomic mass is 16.5. The Morgan fingerprint density at radius 2 is 2.12 bits per heavy atom. The number of benzene rings is 1. The second-order valence-corrected chi connectivity index (χ2v) is 5.60. The Bertz CT molecular complexity index is 853. The number of anilines is 2.